The molecule has 2 rings (SSSR count). The Hall–Kier alpha value is -0.610. The van der Waals surface area contributed by atoms with E-state index in [-0.39, 0.29) is 11.5 Å². The summed E-state index contributed by atoms with van der Waals surface area (Å²) in [5, 5.41) is 13.1. The molecule has 0 spiro atoms. The summed E-state index contributed by atoms with van der Waals surface area (Å²) in [4.78, 5) is 14.7. The summed E-state index contributed by atoms with van der Waals surface area (Å²) >= 11 is 0. The second-order valence-electron chi connectivity index (χ2n) is 5.83. The number of carbonyl (C=O) groups excluding carboxylic acids is 1. The first-order chi connectivity index (χ1) is 8.68. The molecule has 4 heteroatoms. The number of aliphatic hydroxyl groups is 1. The molecule has 2 aliphatic heterocycles. The smallest absolute Gasteiger partial charge is 0.228 e. The van der Waals surface area contributed by atoms with Gasteiger partial charge in [0, 0.05) is 13.1 Å². The lowest BCUT2D eigenvalue weighted by Crippen LogP contribution is -2.52. The minimum Gasteiger partial charge on any atom is -0.391 e. The maximum Gasteiger partial charge on any atom is 0.228 e. The number of aliphatic hydroxyl groups excluding tert-OH is 1. The zero-order valence-electron chi connectivity index (χ0n) is 11.5. The van der Waals surface area contributed by atoms with Crippen molar-refractivity contribution in [2.75, 3.05) is 26.2 Å². The number of rotatable bonds is 3. The largest absolute Gasteiger partial charge is 0.391 e. The molecule has 2 N–H and O–H groups in total. The third-order valence-corrected chi connectivity index (χ3v) is 4.43. The van der Waals surface area contributed by atoms with E-state index in [1.54, 1.807) is 0 Å². The van der Waals surface area contributed by atoms with Gasteiger partial charge < -0.3 is 15.3 Å². The number of hydrogen-bond donors (Lipinski definition) is 2. The summed E-state index contributed by atoms with van der Waals surface area (Å²) in [6.45, 7) is 5.42. The van der Waals surface area contributed by atoms with Crippen molar-refractivity contribution < 1.29 is 9.90 Å². The van der Waals surface area contributed by atoms with Gasteiger partial charge in [-0.2, -0.15) is 0 Å². The molecule has 0 aromatic heterocycles. The molecule has 0 bridgehead atoms. The van der Waals surface area contributed by atoms with Gasteiger partial charge in [-0.3, -0.25) is 4.79 Å². The normalized spacial score (nSPS) is 28.1. The lowest BCUT2D eigenvalue weighted by molar-refractivity contribution is -0.147. The maximum atomic E-state index is 12.8. The van der Waals surface area contributed by atoms with Gasteiger partial charge in [-0.05, 0) is 45.2 Å². The standard InChI is InChI=1S/C14H26N2O2/c1-2-5-14(6-8-15-9-7-14)13(18)16-10-3-4-12(17)11-16/h12,15,17H,2-11H2,1H3/t12-/m0/s1. The van der Waals surface area contributed by atoms with Crippen LogP contribution in [0.5, 0.6) is 0 Å². The SMILES string of the molecule is CCCC1(C(=O)N2CCC[C@H](O)C2)CCNCC1. The number of carbonyl (C=O) groups is 1. The Kier molecular flexibility index (Phi) is 4.62. The molecule has 1 atom stereocenters. The molecule has 104 valence electrons. The number of amides is 1. The van der Waals surface area contributed by atoms with E-state index >= 15 is 0 Å². The zero-order valence-corrected chi connectivity index (χ0v) is 11.5. The van der Waals surface area contributed by atoms with Crippen molar-refractivity contribution in [3.05, 3.63) is 0 Å². The Morgan fingerprint density at radius 1 is 1.44 bits per heavy atom. The van der Waals surface area contributed by atoms with Gasteiger partial charge in [-0.25, -0.2) is 0 Å². The zero-order chi connectivity index (χ0) is 13.0. The molecule has 1 amide bonds. The molecule has 2 aliphatic rings. The first kappa shape index (κ1) is 13.8. The molecule has 2 fully saturated rings. The summed E-state index contributed by atoms with van der Waals surface area (Å²) in [5.74, 6) is 0.296. The number of nitrogens with zero attached hydrogens (tertiary/aromatic N) is 1. The van der Waals surface area contributed by atoms with Crippen LogP contribution in [0.2, 0.25) is 0 Å². The average molecular weight is 254 g/mol. The Morgan fingerprint density at radius 2 is 2.17 bits per heavy atom. The average Bonchev–Trinajstić information content (AvgIpc) is 2.39. The van der Waals surface area contributed by atoms with Crippen LogP contribution in [0, 0.1) is 5.41 Å². The van der Waals surface area contributed by atoms with Crippen LogP contribution in [0.25, 0.3) is 0 Å². The Labute approximate surface area is 110 Å². The van der Waals surface area contributed by atoms with Crippen molar-refractivity contribution >= 4 is 5.91 Å². The van der Waals surface area contributed by atoms with Gasteiger partial charge in [-0.15, -0.1) is 0 Å². The minimum absolute atomic E-state index is 0.156. The monoisotopic (exact) mass is 254 g/mol. The lowest BCUT2D eigenvalue weighted by atomic mass is 9.74. The van der Waals surface area contributed by atoms with Gasteiger partial charge in [0.2, 0.25) is 5.91 Å². The predicted octanol–water partition coefficient (Wildman–Crippen LogP) is 1.14. The van der Waals surface area contributed by atoms with Gasteiger partial charge in [0.15, 0.2) is 0 Å². The molecule has 0 aromatic carbocycles. The minimum atomic E-state index is -0.317. The molecule has 0 aliphatic carbocycles. The van der Waals surface area contributed by atoms with Crippen LogP contribution in [0.4, 0.5) is 0 Å². The third-order valence-electron chi connectivity index (χ3n) is 4.43. The van der Waals surface area contributed by atoms with Gasteiger partial charge >= 0.3 is 0 Å². The highest BCUT2D eigenvalue weighted by atomic mass is 16.3. The fraction of sp³-hybridized carbons (Fsp3) is 0.929. The Bertz CT molecular complexity index is 282. The quantitative estimate of drug-likeness (QED) is 0.794. The second kappa shape index (κ2) is 6.02. The number of piperidine rings is 2. The van der Waals surface area contributed by atoms with Crippen molar-refractivity contribution in [3.63, 3.8) is 0 Å². The third kappa shape index (κ3) is 2.86. The summed E-state index contributed by atoms with van der Waals surface area (Å²) in [7, 11) is 0. The first-order valence-electron chi connectivity index (χ1n) is 7.36. The first-order valence-corrected chi connectivity index (χ1v) is 7.36. The van der Waals surface area contributed by atoms with Crippen LogP contribution in [0.3, 0.4) is 0 Å². The molecule has 2 saturated heterocycles. The fourth-order valence-corrected chi connectivity index (χ4v) is 3.43. The summed E-state index contributed by atoms with van der Waals surface area (Å²) in [6, 6.07) is 0. The fourth-order valence-electron chi connectivity index (χ4n) is 3.43. The predicted molar refractivity (Wildman–Crippen MR) is 71.3 cm³/mol. The van der Waals surface area contributed by atoms with E-state index in [2.05, 4.69) is 12.2 Å². The Morgan fingerprint density at radius 3 is 2.78 bits per heavy atom. The summed E-state index contributed by atoms with van der Waals surface area (Å²) in [6.07, 6.45) is 5.41. The molecule has 0 saturated carbocycles. The number of nitrogens with one attached hydrogen (secondary N) is 1. The van der Waals surface area contributed by atoms with Gasteiger partial charge in [0.05, 0.1) is 11.5 Å². The van der Waals surface area contributed by atoms with Crippen molar-refractivity contribution in [2.24, 2.45) is 5.41 Å². The van der Waals surface area contributed by atoms with Crippen molar-refractivity contribution in [3.8, 4) is 0 Å². The van der Waals surface area contributed by atoms with Crippen molar-refractivity contribution in [2.45, 2.75) is 51.6 Å². The number of likely N-dealkylation sites (tertiary alicyclic amines) is 1. The summed E-state index contributed by atoms with van der Waals surface area (Å²) < 4.78 is 0. The van der Waals surface area contributed by atoms with E-state index in [4.69, 9.17) is 0 Å². The summed E-state index contributed by atoms with van der Waals surface area (Å²) in [5.41, 5.74) is -0.156. The van der Waals surface area contributed by atoms with Crippen LogP contribution in [0.1, 0.15) is 45.4 Å². The highest BCUT2D eigenvalue weighted by Crippen LogP contribution is 2.36. The van der Waals surface area contributed by atoms with E-state index in [9.17, 15) is 9.90 Å². The van der Waals surface area contributed by atoms with Gasteiger partial charge in [-0.1, -0.05) is 13.3 Å². The molecule has 4 nitrogen and oxygen atoms in total. The maximum absolute atomic E-state index is 12.8. The number of hydrogen-bond acceptors (Lipinski definition) is 3. The molecular formula is C14H26N2O2. The second-order valence-corrected chi connectivity index (χ2v) is 5.83. The van der Waals surface area contributed by atoms with Gasteiger partial charge in [0.1, 0.15) is 0 Å². The molecule has 18 heavy (non-hydrogen) atoms. The van der Waals surface area contributed by atoms with Crippen LogP contribution in [-0.2, 0) is 4.79 Å². The van der Waals surface area contributed by atoms with E-state index in [0.29, 0.717) is 12.5 Å². The molecular weight excluding hydrogens is 228 g/mol. The molecule has 0 radical (unpaired) electrons. The highest BCUT2D eigenvalue weighted by Gasteiger charge is 2.41. The van der Waals surface area contributed by atoms with Crippen LogP contribution in [-0.4, -0.2) is 48.2 Å². The van der Waals surface area contributed by atoms with E-state index in [0.717, 1.165) is 58.2 Å². The van der Waals surface area contributed by atoms with E-state index in [1.807, 2.05) is 4.90 Å². The topological polar surface area (TPSA) is 52.6 Å². The van der Waals surface area contributed by atoms with E-state index < -0.39 is 0 Å². The lowest BCUT2D eigenvalue weighted by Gasteiger charge is -2.42. The Balaban J connectivity index is 2.07. The van der Waals surface area contributed by atoms with E-state index in [1.165, 1.54) is 0 Å². The van der Waals surface area contributed by atoms with Crippen LogP contribution < -0.4 is 5.32 Å². The molecule has 2 heterocycles. The van der Waals surface area contributed by atoms with Crippen LogP contribution >= 0.6 is 0 Å². The van der Waals surface area contributed by atoms with Crippen LogP contribution in [0.15, 0.2) is 0 Å². The van der Waals surface area contributed by atoms with Crippen molar-refractivity contribution in [1.29, 1.82) is 0 Å². The van der Waals surface area contributed by atoms with Crippen molar-refractivity contribution in [1.82, 2.24) is 10.2 Å². The highest BCUT2D eigenvalue weighted by molar-refractivity contribution is 5.83. The van der Waals surface area contributed by atoms with Gasteiger partial charge in [0.25, 0.3) is 0 Å². The molecule has 0 unspecified atom stereocenters. The molecule has 0 aromatic rings. The number of β-amino-alcohol motifs (C(OH)–C–C–N with tert-alkyl or cyclic N) is 1.